The summed E-state index contributed by atoms with van der Waals surface area (Å²) in [5.41, 5.74) is 1.09. The van der Waals surface area contributed by atoms with Gasteiger partial charge in [-0.1, -0.05) is 0 Å². The Balaban J connectivity index is 2.09. The first kappa shape index (κ1) is 13.9. The zero-order valence-electron chi connectivity index (χ0n) is 11.0. The van der Waals surface area contributed by atoms with Crippen LogP contribution in [0.5, 0.6) is 0 Å². The third kappa shape index (κ3) is 2.87. The van der Waals surface area contributed by atoms with Crippen LogP contribution in [0.2, 0.25) is 0 Å². The molecule has 0 aliphatic carbocycles. The van der Waals surface area contributed by atoms with E-state index in [0.717, 1.165) is 4.90 Å². The lowest BCUT2D eigenvalue weighted by Crippen LogP contribution is -2.32. The van der Waals surface area contributed by atoms with Crippen LogP contribution >= 0.6 is 0 Å². The lowest BCUT2D eigenvalue weighted by Gasteiger charge is -2.17. The minimum Gasteiger partial charge on any atom is -0.480 e. The normalized spacial score (nSPS) is 14.1. The predicted molar refractivity (Wildman–Crippen MR) is 71.8 cm³/mol. The van der Waals surface area contributed by atoms with E-state index in [4.69, 9.17) is 5.11 Å². The van der Waals surface area contributed by atoms with Crippen molar-refractivity contribution in [3.8, 4) is 0 Å². The zero-order valence-corrected chi connectivity index (χ0v) is 11.0. The maximum atomic E-state index is 11.9. The molecule has 1 aliphatic rings. The van der Waals surface area contributed by atoms with E-state index in [1.807, 2.05) is 0 Å². The van der Waals surface area contributed by atoms with E-state index in [-0.39, 0.29) is 18.5 Å². The first-order valence-corrected chi connectivity index (χ1v) is 6.11. The van der Waals surface area contributed by atoms with E-state index < -0.39 is 5.97 Å². The number of nitrogens with one attached hydrogen (secondary N) is 1. The number of hydrogen-bond donors (Lipinski definition) is 2. The quantitative estimate of drug-likeness (QED) is 0.832. The molecule has 1 aromatic rings. The summed E-state index contributed by atoms with van der Waals surface area (Å²) in [6.45, 7) is 0.834. The van der Waals surface area contributed by atoms with Gasteiger partial charge in [0.15, 0.2) is 0 Å². The highest BCUT2D eigenvalue weighted by atomic mass is 16.4. The fourth-order valence-electron chi connectivity index (χ4n) is 2.00. The molecule has 0 radical (unpaired) electrons. The molecule has 3 amide bonds. The molecule has 1 fully saturated rings. The third-order valence-electron chi connectivity index (χ3n) is 3.00. The van der Waals surface area contributed by atoms with Gasteiger partial charge in [-0.05, 0) is 24.3 Å². The average molecular weight is 277 g/mol. The van der Waals surface area contributed by atoms with Crippen molar-refractivity contribution in [1.82, 2.24) is 10.2 Å². The van der Waals surface area contributed by atoms with Crippen LogP contribution in [-0.4, -0.2) is 54.6 Å². The maximum absolute atomic E-state index is 11.9. The van der Waals surface area contributed by atoms with Crippen molar-refractivity contribution >= 4 is 23.6 Å². The molecule has 0 saturated carbocycles. The average Bonchev–Trinajstić information content (AvgIpc) is 2.83. The summed E-state index contributed by atoms with van der Waals surface area (Å²) in [6.07, 6.45) is 0. The van der Waals surface area contributed by atoms with Crippen molar-refractivity contribution in [2.24, 2.45) is 0 Å². The molecular weight excluding hydrogens is 262 g/mol. The number of carbonyl (C=O) groups is 3. The first-order chi connectivity index (χ1) is 9.49. The Hall–Kier alpha value is -2.57. The SMILES string of the molecule is CN(CC(=O)O)C(=O)c1ccc(N2CCNC2=O)cc1. The van der Waals surface area contributed by atoms with Crippen LogP contribution in [-0.2, 0) is 4.79 Å². The van der Waals surface area contributed by atoms with Gasteiger partial charge in [0.25, 0.3) is 5.91 Å². The minimum absolute atomic E-state index is 0.160. The molecule has 7 nitrogen and oxygen atoms in total. The summed E-state index contributed by atoms with van der Waals surface area (Å²) in [6, 6.07) is 6.36. The Morgan fingerprint density at radius 1 is 1.35 bits per heavy atom. The number of carboxylic acid groups (broad SMARTS) is 1. The molecule has 20 heavy (non-hydrogen) atoms. The largest absolute Gasteiger partial charge is 0.480 e. The fourth-order valence-corrected chi connectivity index (χ4v) is 2.00. The van der Waals surface area contributed by atoms with E-state index in [0.29, 0.717) is 24.3 Å². The summed E-state index contributed by atoms with van der Waals surface area (Å²) >= 11 is 0. The Morgan fingerprint density at radius 3 is 2.50 bits per heavy atom. The zero-order chi connectivity index (χ0) is 14.7. The Bertz CT molecular complexity index is 541. The molecule has 1 heterocycles. The first-order valence-electron chi connectivity index (χ1n) is 6.11. The van der Waals surface area contributed by atoms with Crippen LogP contribution < -0.4 is 10.2 Å². The summed E-state index contributed by atoms with van der Waals surface area (Å²) in [5, 5.41) is 11.3. The van der Waals surface area contributed by atoms with E-state index >= 15 is 0 Å². The van der Waals surface area contributed by atoms with Gasteiger partial charge in [0.1, 0.15) is 6.54 Å². The van der Waals surface area contributed by atoms with Crippen LogP contribution in [0.1, 0.15) is 10.4 Å². The van der Waals surface area contributed by atoms with E-state index in [1.54, 1.807) is 29.2 Å². The van der Waals surface area contributed by atoms with Crippen molar-refractivity contribution in [1.29, 1.82) is 0 Å². The topological polar surface area (TPSA) is 90.0 Å². The van der Waals surface area contributed by atoms with Gasteiger partial charge in [-0.2, -0.15) is 0 Å². The van der Waals surface area contributed by atoms with E-state index in [9.17, 15) is 14.4 Å². The number of aliphatic carboxylic acids is 1. The van der Waals surface area contributed by atoms with Gasteiger partial charge in [0.2, 0.25) is 0 Å². The van der Waals surface area contributed by atoms with Gasteiger partial charge in [-0.3, -0.25) is 14.5 Å². The molecule has 0 atom stereocenters. The van der Waals surface area contributed by atoms with E-state index in [2.05, 4.69) is 5.32 Å². The van der Waals surface area contributed by atoms with Crippen molar-refractivity contribution in [3.05, 3.63) is 29.8 Å². The summed E-state index contributed by atoms with van der Waals surface area (Å²) in [4.78, 5) is 36.7. The van der Waals surface area contributed by atoms with Crippen molar-refractivity contribution < 1.29 is 19.5 Å². The molecule has 1 aliphatic heterocycles. The van der Waals surface area contributed by atoms with Gasteiger partial charge in [-0.15, -0.1) is 0 Å². The number of hydrogen-bond acceptors (Lipinski definition) is 3. The van der Waals surface area contributed by atoms with Crippen molar-refractivity contribution in [2.45, 2.75) is 0 Å². The molecule has 1 aromatic carbocycles. The predicted octanol–water partition coefficient (Wildman–Crippen LogP) is 0.373. The highest BCUT2D eigenvalue weighted by Crippen LogP contribution is 2.17. The smallest absolute Gasteiger partial charge is 0.323 e. The number of anilines is 1. The second-order valence-electron chi connectivity index (χ2n) is 4.49. The summed E-state index contributed by atoms with van der Waals surface area (Å²) in [5.74, 6) is -1.43. The Labute approximate surface area is 115 Å². The number of rotatable bonds is 4. The van der Waals surface area contributed by atoms with Crippen molar-refractivity contribution in [2.75, 3.05) is 31.6 Å². The van der Waals surface area contributed by atoms with Crippen LogP contribution in [0.4, 0.5) is 10.5 Å². The molecule has 0 aromatic heterocycles. The number of likely N-dealkylation sites (N-methyl/N-ethyl adjacent to an activating group) is 1. The van der Waals surface area contributed by atoms with Gasteiger partial charge < -0.3 is 15.3 Å². The number of amides is 3. The van der Waals surface area contributed by atoms with E-state index in [1.165, 1.54) is 7.05 Å². The molecule has 106 valence electrons. The number of carbonyl (C=O) groups excluding carboxylic acids is 2. The van der Waals surface area contributed by atoms with Crippen LogP contribution in [0, 0.1) is 0 Å². The molecule has 0 bridgehead atoms. The second-order valence-corrected chi connectivity index (χ2v) is 4.49. The molecule has 0 spiro atoms. The summed E-state index contributed by atoms with van der Waals surface area (Å²) in [7, 11) is 1.43. The number of carboxylic acids is 1. The number of urea groups is 1. The van der Waals surface area contributed by atoms with Crippen LogP contribution in [0.25, 0.3) is 0 Å². The molecule has 2 rings (SSSR count). The number of benzene rings is 1. The molecule has 0 unspecified atom stereocenters. The Kier molecular flexibility index (Phi) is 3.88. The number of nitrogens with zero attached hydrogens (tertiary/aromatic N) is 2. The monoisotopic (exact) mass is 277 g/mol. The molecule has 2 N–H and O–H groups in total. The van der Waals surface area contributed by atoms with Crippen LogP contribution in [0.15, 0.2) is 24.3 Å². The van der Waals surface area contributed by atoms with Gasteiger partial charge in [0, 0.05) is 31.4 Å². The van der Waals surface area contributed by atoms with Gasteiger partial charge in [-0.25, -0.2) is 4.79 Å². The highest BCUT2D eigenvalue weighted by Gasteiger charge is 2.21. The lowest BCUT2D eigenvalue weighted by molar-refractivity contribution is -0.137. The standard InChI is InChI=1S/C13H15N3O4/c1-15(8-11(17)18)12(19)9-2-4-10(5-3-9)16-7-6-14-13(16)20/h2-5H,6-8H2,1H3,(H,14,20)(H,17,18). The molecular formula is C13H15N3O4. The minimum atomic E-state index is -1.06. The highest BCUT2D eigenvalue weighted by molar-refractivity contribution is 5.97. The van der Waals surface area contributed by atoms with Gasteiger partial charge in [0.05, 0.1) is 0 Å². The second kappa shape index (κ2) is 5.60. The van der Waals surface area contributed by atoms with Gasteiger partial charge >= 0.3 is 12.0 Å². The van der Waals surface area contributed by atoms with Crippen molar-refractivity contribution in [3.63, 3.8) is 0 Å². The summed E-state index contributed by atoms with van der Waals surface area (Å²) < 4.78 is 0. The molecule has 7 heteroatoms. The molecule has 1 saturated heterocycles. The maximum Gasteiger partial charge on any atom is 0.323 e. The fraction of sp³-hybridized carbons (Fsp3) is 0.308. The third-order valence-corrected chi connectivity index (χ3v) is 3.00. The van der Waals surface area contributed by atoms with Crippen LogP contribution in [0.3, 0.4) is 0 Å². The Morgan fingerprint density at radius 2 is 2.00 bits per heavy atom. The lowest BCUT2D eigenvalue weighted by atomic mass is 10.1.